The molecule has 0 aromatic carbocycles. The largest absolute Gasteiger partial charge is 0.383 e. The number of nitrogens with one attached hydrogen (secondary N) is 1. The molecular formula is C14H27N3OS. The number of rotatable bonds is 9. The lowest BCUT2D eigenvalue weighted by Gasteiger charge is -2.26. The Morgan fingerprint density at radius 3 is 2.74 bits per heavy atom. The summed E-state index contributed by atoms with van der Waals surface area (Å²) in [7, 11) is 1.74. The third kappa shape index (κ3) is 4.75. The molecule has 4 nitrogen and oxygen atoms in total. The van der Waals surface area contributed by atoms with Gasteiger partial charge >= 0.3 is 0 Å². The summed E-state index contributed by atoms with van der Waals surface area (Å²) in [5.74, 6) is 0. The van der Waals surface area contributed by atoms with Gasteiger partial charge in [0.1, 0.15) is 0 Å². The number of nitrogens with zero attached hydrogens (tertiary/aromatic N) is 2. The monoisotopic (exact) mass is 285 g/mol. The Morgan fingerprint density at radius 1 is 1.42 bits per heavy atom. The topological polar surface area (TPSA) is 37.4 Å². The molecule has 2 unspecified atom stereocenters. The molecule has 1 aromatic rings. The van der Waals surface area contributed by atoms with Crippen molar-refractivity contribution in [1.82, 2.24) is 10.3 Å². The van der Waals surface area contributed by atoms with Gasteiger partial charge in [-0.25, -0.2) is 4.98 Å². The van der Waals surface area contributed by atoms with Gasteiger partial charge in [0.15, 0.2) is 5.13 Å². The zero-order valence-corrected chi connectivity index (χ0v) is 13.6. The molecule has 1 rings (SSSR count). The fraction of sp³-hybridized carbons (Fsp3) is 0.786. The van der Waals surface area contributed by atoms with Gasteiger partial charge in [-0.1, -0.05) is 6.92 Å². The molecule has 0 bridgehead atoms. The summed E-state index contributed by atoms with van der Waals surface area (Å²) in [6.07, 6.45) is 3.15. The quantitative estimate of drug-likeness (QED) is 0.756. The molecule has 0 aliphatic rings. The molecule has 5 heteroatoms. The first kappa shape index (κ1) is 16.4. The van der Waals surface area contributed by atoms with E-state index in [1.807, 2.05) is 6.20 Å². The summed E-state index contributed by atoms with van der Waals surface area (Å²) in [5, 5.41) is 4.59. The van der Waals surface area contributed by atoms with Gasteiger partial charge in [-0.2, -0.15) is 0 Å². The van der Waals surface area contributed by atoms with Crippen LogP contribution in [0.4, 0.5) is 5.13 Å². The second kappa shape index (κ2) is 8.51. The van der Waals surface area contributed by atoms with Crippen LogP contribution < -0.4 is 10.2 Å². The summed E-state index contributed by atoms with van der Waals surface area (Å²) in [6.45, 7) is 11.4. The number of hydrogen-bond donors (Lipinski definition) is 1. The SMILES string of the molecule is CCCNC(C)c1cnc(N(CC)C(C)COC)s1. The van der Waals surface area contributed by atoms with Crippen LogP contribution in [0.25, 0.3) is 0 Å². The van der Waals surface area contributed by atoms with Crippen LogP contribution in [0.15, 0.2) is 6.20 Å². The highest BCUT2D eigenvalue weighted by atomic mass is 32.1. The predicted molar refractivity (Wildman–Crippen MR) is 83.2 cm³/mol. The van der Waals surface area contributed by atoms with Gasteiger partial charge in [-0.05, 0) is 33.7 Å². The van der Waals surface area contributed by atoms with E-state index in [1.54, 1.807) is 18.4 Å². The van der Waals surface area contributed by atoms with E-state index in [2.05, 4.69) is 42.9 Å². The van der Waals surface area contributed by atoms with E-state index in [4.69, 9.17) is 4.74 Å². The van der Waals surface area contributed by atoms with Crippen molar-refractivity contribution in [2.75, 3.05) is 31.7 Å². The number of aromatic nitrogens is 1. The number of thiazole rings is 1. The summed E-state index contributed by atoms with van der Waals surface area (Å²) in [4.78, 5) is 8.16. The van der Waals surface area contributed by atoms with E-state index in [0.29, 0.717) is 12.1 Å². The van der Waals surface area contributed by atoms with Crippen LogP contribution in [0.2, 0.25) is 0 Å². The van der Waals surface area contributed by atoms with E-state index >= 15 is 0 Å². The summed E-state index contributed by atoms with van der Waals surface area (Å²) in [6, 6.07) is 0.732. The molecule has 1 aromatic heterocycles. The highest BCUT2D eigenvalue weighted by Gasteiger charge is 2.17. The molecular weight excluding hydrogens is 258 g/mol. The van der Waals surface area contributed by atoms with Crippen LogP contribution in [0.1, 0.15) is 45.0 Å². The fourth-order valence-corrected chi connectivity index (χ4v) is 3.15. The Bertz CT molecular complexity index is 356. The fourth-order valence-electron chi connectivity index (χ4n) is 2.04. The molecule has 0 fully saturated rings. The first-order valence-electron chi connectivity index (χ1n) is 7.08. The first-order valence-corrected chi connectivity index (χ1v) is 7.90. The highest BCUT2D eigenvalue weighted by Crippen LogP contribution is 2.28. The summed E-state index contributed by atoms with van der Waals surface area (Å²) >= 11 is 1.78. The second-order valence-electron chi connectivity index (χ2n) is 4.81. The lowest BCUT2D eigenvalue weighted by Crippen LogP contribution is -2.35. The maximum Gasteiger partial charge on any atom is 0.185 e. The number of ether oxygens (including phenoxy) is 1. The van der Waals surface area contributed by atoms with E-state index in [0.717, 1.165) is 31.2 Å². The Morgan fingerprint density at radius 2 is 2.16 bits per heavy atom. The molecule has 2 atom stereocenters. The molecule has 0 saturated carbocycles. The third-order valence-electron chi connectivity index (χ3n) is 3.16. The van der Waals surface area contributed by atoms with Gasteiger partial charge in [0.25, 0.3) is 0 Å². The maximum atomic E-state index is 5.24. The summed E-state index contributed by atoms with van der Waals surface area (Å²) in [5.41, 5.74) is 0. The second-order valence-corrected chi connectivity index (χ2v) is 5.85. The van der Waals surface area contributed by atoms with Crippen molar-refractivity contribution in [1.29, 1.82) is 0 Å². The number of likely N-dealkylation sites (N-methyl/N-ethyl adjacent to an activating group) is 1. The van der Waals surface area contributed by atoms with E-state index < -0.39 is 0 Å². The van der Waals surface area contributed by atoms with Crippen LogP contribution in [-0.4, -0.2) is 37.8 Å². The Hall–Kier alpha value is -0.650. The van der Waals surface area contributed by atoms with Gasteiger partial charge in [-0.15, -0.1) is 11.3 Å². The molecule has 1 N–H and O–H groups in total. The molecule has 0 aliphatic carbocycles. The third-order valence-corrected chi connectivity index (χ3v) is 4.38. The molecule has 0 saturated heterocycles. The summed E-state index contributed by atoms with van der Waals surface area (Å²) < 4.78 is 5.24. The molecule has 19 heavy (non-hydrogen) atoms. The minimum Gasteiger partial charge on any atom is -0.383 e. The van der Waals surface area contributed by atoms with Gasteiger partial charge in [0.2, 0.25) is 0 Å². The van der Waals surface area contributed by atoms with Gasteiger partial charge in [-0.3, -0.25) is 0 Å². The number of methoxy groups -OCH3 is 1. The van der Waals surface area contributed by atoms with Crippen molar-refractivity contribution in [2.45, 2.75) is 46.2 Å². The zero-order chi connectivity index (χ0) is 14.3. The van der Waals surface area contributed by atoms with Crippen molar-refractivity contribution in [3.05, 3.63) is 11.1 Å². The van der Waals surface area contributed by atoms with Crippen LogP contribution in [0, 0.1) is 0 Å². The average Bonchev–Trinajstić information content (AvgIpc) is 2.86. The van der Waals surface area contributed by atoms with Gasteiger partial charge in [0.05, 0.1) is 12.6 Å². The Balaban J connectivity index is 2.70. The highest BCUT2D eigenvalue weighted by molar-refractivity contribution is 7.15. The Labute approximate surface area is 121 Å². The van der Waals surface area contributed by atoms with Crippen molar-refractivity contribution >= 4 is 16.5 Å². The minimum absolute atomic E-state index is 0.355. The smallest absolute Gasteiger partial charge is 0.185 e. The minimum atomic E-state index is 0.355. The van der Waals surface area contributed by atoms with Crippen molar-refractivity contribution in [2.24, 2.45) is 0 Å². The van der Waals surface area contributed by atoms with Crippen LogP contribution >= 0.6 is 11.3 Å². The molecule has 110 valence electrons. The first-order chi connectivity index (χ1) is 9.13. The average molecular weight is 285 g/mol. The van der Waals surface area contributed by atoms with E-state index in [9.17, 15) is 0 Å². The number of hydrogen-bond acceptors (Lipinski definition) is 5. The van der Waals surface area contributed by atoms with Gasteiger partial charge < -0.3 is 15.0 Å². The molecule has 0 amide bonds. The lowest BCUT2D eigenvalue weighted by atomic mass is 10.3. The Kier molecular flexibility index (Phi) is 7.34. The van der Waals surface area contributed by atoms with E-state index in [1.165, 1.54) is 4.88 Å². The zero-order valence-electron chi connectivity index (χ0n) is 12.8. The van der Waals surface area contributed by atoms with Crippen LogP contribution in [-0.2, 0) is 4.74 Å². The lowest BCUT2D eigenvalue weighted by molar-refractivity contribution is 0.182. The molecule has 0 radical (unpaired) electrons. The van der Waals surface area contributed by atoms with Crippen LogP contribution in [0.3, 0.4) is 0 Å². The molecule has 0 aliphatic heterocycles. The van der Waals surface area contributed by atoms with Crippen LogP contribution in [0.5, 0.6) is 0 Å². The van der Waals surface area contributed by atoms with Gasteiger partial charge in [0, 0.05) is 30.8 Å². The van der Waals surface area contributed by atoms with Crippen molar-refractivity contribution < 1.29 is 4.74 Å². The van der Waals surface area contributed by atoms with Crippen molar-refractivity contribution in [3.8, 4) is 0 Å². The normalized spacial score (nSPS) is 14.4. The van der Waals surface area contributed by atoms with E-state index in [-0.39, 0.29) is 0 Å². The predicted octanol–water partition coefficient (Wildman–Crippen LogP) is 3.06. The molecule has 1 heterocycles. The molecule has 0 spiro atoms. The standard InChI is InChI=1S/C14H27N3OS/c1-6-8-15-12(4)13-9-16-14(19-13)17(7-2)11(3)10-18-5/h9,11-12,15H,6-8,10H2,1-5H3. The maximum absolute atomic E-state index is 5.24. The van der Waals surface area contributed by atoms with Crippen molar-refractivity contribution in [3.63, 3.8) is 0 Å². The number of anilines is 1.